The van der Waals surface area contributed by atoms with Crippen molar-refractivity contribution < 1.29 is 43.7 Å². The largest absolute Gasteiger partial charge is 0.534 e. The van der Waals surface area contributed by atoms with Crippen molar-refractivity contribution in [2.75, 3.05) is 13.1 Å². The monoisotopic (exact) mass is 413 g/mol. The molecule has 142 valence electrons. The lowest BCUT2D eigenvalue weighted by Gasteiger charge is -2.26. The van der Waals surface area contributed by atoms with Gasteiger partial charge in [0.25, 0.3) is 0 Å². The standard InChI is InChI=1S/C12H10ClF6NO4S/c13-8-2-5-1-6(9(8)24-25(22,23)12(17,18)19)3-20-4-7(5)10(21)11(14,15)16/h2,5,7,20H,1,3-4H2. The molecule has 0 aromatic rings. The van der Waals surface area contributed by atoms with E-state index < -0.39 is 56.8 Å². The molecule has 2 bridgehead atoms. The van der Waals surface area contributed by atoms with Crippen molar-refractivity contribution in [1.82, 2.24) is 5.32 Å². The normalized spacial score (nSPS) is 25.3. The van der Waals surface area contributed by atoms with Gasteiger partial charge >= 0.3 is 21.8 Å². The van der Waals surface area contributed by atoms with Crippen LogP contribution in [0.1, 0.15) is 6.42 Å². The number of nitrogens with one attached hydrogen (secondary N) is 1. The molecule has 0 amide bonds. The Kier molecular flexibility index (Phi) is 5.19. The highest BCUT2D eigenvalue weighted by atomic mass is 35.5. The fourth-order valence-corrected chi connectivity index (χ4v) is 3.46. The van der Waals surface area contributed by atoms with E-state index >= 15 is 0 Å². The average molecular weight is 414 g/mol. The van der Waals surface area contributed by atoms with E-state index in [0.29, 0.717) is 0 Å². The number of Topliss-reactive ketones (excluding diaryl/α,β-unsaturated/α-hetero) is 1. The van der Waals surface area contributed by atoms with Gasteiger partial charge in [-0.25, -0.2) is 0 Å². The maximum Gasteiger partial charge on any atom is 0.534 e. The first-order valence-corrected chi connectivity index (χ1v) is 8.45. The van der Waals surface area contributed by atoms with Crippen molar-refractivity contribution in [3.63, 3.8) is 0 Å². The summed E-state index contributed by atoms with van der Waals surface area (Å²) in [6, 6.07) is 0. The van der Waals surface area contributed by atoms with Crippen molar-refractivity contribution in [1.29, 1.82) is 0 Å². The molecule has 0 spiro atoms. The minimum absolute atomic E-state index is 0.0669. The third kappa shape index (κ3) is 4.11. The fraction of sp³-hybridized carbons (Fsp3) is 0.583. The summed E-state index contributed by atoms with van der Waals surface area (Å²) in [6.07, 6.45) is -4.47. The van der Waals surface area contributed by atoms with Gasteiger partial charge in [-0.15, -0.1) is 0 Å². The molecule has 1 aliphatic carbocycles. The van der Waals surface area contributed by atoms with Gasteiger partial charge < -0.3 is 9.50 Å². The zero-order chi connectivity index (χ0) is 19.2. The molecule has 1 N–H and O–H groups in total. The minimum Gasteiger partial charge on any atom is -0.374 e. The second kappa shape index (κ2) is 6.47. The molecule has 5 nitrogen and oxygen atoms in total. The van der Waals surface area contributed by atoms with Gasteiger partial charge in [0.2, 0.25) is 5.78 Å². The van der Waals surface area contributed by atoms with Crippen LogP contribution in [0, 0.1) is 11.8 Å². The summed E-state index contributed by atoms with van der Waals surface area (Å²) in [5.41, 5.74) is -5.76. The highest BCUT2D eigenvalue weighted by Gasteiger charge is 2.51. The molecule has 0 aromatic carbocycles. The van der Waals surface area contributed by atoms with Crippen LogP contribution < -0.4 is 5.32 Å². The summed E-state index contributed by atoms with van der Waals surface area (Å²) >= 11 is 5.72. The van der Waals surface area contributed by atoms with Gasteiger partial charge in [-0.1, -0.05) is 17.7 Å². The van der Waals surface area contributed by atoms with E-state index in [4.69, 9.17) is 11.6 Å². The maximum atomic E-state index is 12.6. The quantitative estimate of drug-likeness (QED) is 0.437. The Labute approximate surface area is 142 Å². The average Bonchev–Trinajstić information content (AvgIpc) is 2.60. The van der Waals surface area contributed by atoms with Crippen LogP contribution in [0.15, 0.2) is 22.4 Å². The molecule has 1 heterocycles. The molecule has 0 saturated carbocycles. The summed E-state index contributed by atoms with van der Waals surface area (Å²) in [7, 11) is -5.99. The first kappa shape index (κ1) is 20.0. The van der Waals surface area contributed by atoms with E-state index in [1.807, 2.05) is 0 Å². The van der Waals surface area contributed by atoms with Crippen molar-refractivity contribution in [2.24, 2.45) is 11.8 Å². The number of hydrogen-bond donors (Lipinski definition) is 1. The van der Waals surface area contributed by atoms with Gasteiger partial charge in [0, 0.05) is 19.0 Å². The molecular weight excluding hydrogens is 404 g/mol. The van der Waals surface area contributed by atoms with Crippen molar-refractivity contribution in [2.45, 2.75) is 18.1 Å². The Bertz CT molecular complexity index is 740. The van der Waals surface area contributed by atoms with Gasteiger partial charge in [-0.3, -0.25) is 4.79 Å². The second-order valence-electron chi connectivity index (χ2n) is 5.40. The number of carbonyl (C=O) groups is 1. The molecular formula is C12H10ClF6NO4S. The van der Waals surface area contributed by atoms with E-state index in [2.05, 4.69) is 9.50 Å². The highest BCUT2D eigenvalue weighted by molar-refractivity contribution is 7.87. The Morgan fingerprint density at radius 1 is 1.24 bits per heavy atom. The van der Waals surface area contributed by atoms with Crippen LogP contribution in [-0.4, -0.2) is 39.0 Å². The Morgan fingerprint density at radius 3 is 2.36 bits per heavy atom. The van der Waals surface area contributed by atoms with Crippen LogP contribution >= 0.6 is 11.6 Å². The lowest BCUT2D eigenvalue weighted by atomic mass is 9.82. The SMILES string of the molecule is O=C(C1CNCC2=C(OS(=O)(=O)C(F)(F)F)C(Cl)=CC1C2)C(F)(F)F. The third-order valence-electron chi connectivity index (χ3n) is 3.69. The number of ketones is 1. The number of halogens is 7. The van der Waals surface area contributed by atoms with Gasteiger partial charge in [0.05, 0.1) is 5.03 Å². The molecule has 1 aliphatic heterocycles. The first-order valence-electron chi connectivity index (χ1n) is 6.66. The van der Waals surface area contributed by atoms with Gasteiger partial charge in [-0.2, -0.15) is 34.8 Å². The lowest BCUT2D eigenvalue weighted by Crippen LogP contribution is -2.39. The predicted octanol–water partition coefficient (Wildman–Crippen LogP) is 2.60. The van der Waals surface area contributed by atoms with Gasteiger partial charge in [0.1, 0.15) is 0 Å². The van der Waals surface area contributed by atoms with E-state index in [1.54, 1.807) is 0 Å². The zero-order valence-corrected chi connectivity index (χ0v) is 13.6. The van der Waals surface area contributed by atoms with Gasteiger partial charge in [-0.05, 0) is 17.9 Å². The molecule has 25 heavy (non-hydrogen) atoms. The number of alkyl halides is 6. The molecule has 2 rings (SSSR count). The molecule has 0 aromatic heterocycles. The molecule has 1 saturated heterocycles. The smallest absolute Gasteiger partial charge is 0.374 e. The molecule has 2 unspecified atom stereocenters. The molecule has 1 fully saturated rings. The Morgan fingerprint density at radius 2 is 1.84 bits per heavy atom. The van der Waals surface area contributed by atoms with Crippen molar-refractivity contribution in [3.8, 4) is 0 Å². The van der Waals surface area contributed by atoms with Crippen LogP contribution in [0.4, 0.5) is 26.3 Å². The Hall–Kier alpha value is -1.27. The number of allylic oxidation sites excluding steroid dienone is 2. The van der Waals surface area contributed by atoms with E-state index in [-0.39, 0.29) is 18.5 Å². The van der Waals surface area contributed by atoms with Crippen LogP contribution in [0.5, 0.6) is 0 Å². The van der Waals surface area contributed by atoms with E-state index in [0.717, 1.165) is 6.08 Å². The number of rotatable bonds is 3. The highest BCUT2D eigenvalue weighted by Crippen LogP contribution is 2.40. The summed E-state index contributed by atoms with van der Waals surface area (Å²) < 4.78 is 102. The van der Waals surface area contributed by atoms with Crippen LogP contribution in [0.25, 0.3) is 0 Å². The number of carbonyl (C=O) groups excluding carboxylic acids is 1. The first-order chi connectivity index (χ1) is 11.2. The predicted molar refractivity (Wildman–Crippen MR) is 72.6 cm³/mol. The van der Waals surface area contributed by atoms with E-state index in [9.17, 15) is 39.6 Å². The van der Waals surface area contributed by atoms with Crippen LogP contribution in [-0.2, 0) is 19.1 Å². The van der Waals surface area contributed by atoms with Crippen molar-refractivity contribution >= 4 is 27.5 Å². The lowest BCUT2D eigenvalue weighted by molar-refractivity contribution is -0.176. The zero-order valence-electron chi connectivity index (χ0n) is 12.0. The minimum atomic E-state index is -5.99. The Balaban J connectivity index is 2.34. The van der Waals surface area contributed by atoms with Crippen molar-refractivity contribution in [3.05, 3.63) is 22.4 Å². The molecule has 2 aliphatic rings. The fourth-order valence-electron chi connectivity index (χ4n) is 2.56. The number of hydrogen-bond acceptors (Lipinski definition) is 5. The summed E-state index contributed by atoms with van der Waals surface area (Å²) in [5.74, 6) is -5.37. The van der Waals surface area contributed by atoms with Crippen LogP contribution in [0.2, 0.25) is 0 Å². The molecule has 0 radical (unpaired) electrons. The van der Waals surface area contributed by atoms with E-state index in [1.165, 1.54) is 0 Å². The van der Waals surface area contributed by atoms with Gasteiger partial charge in [0.15, 0.2) is 5.76 Å². The summed E-state index contributed by atoms with van der Waals surface area (Å²) in [6.45, 7) is -0.669. The third-order valence-corrected chi connectivity index (χ3v) is 4.94. The maximum absolute atomic E-state index is 12.6. The molecule has 2 atom stereocenters. The second-order valence-corrected chi connectivity index (χ2v) is 7.34. The molecule has 13 heteroatoms. The number of fused-ring (bicyclic) bond motifs is 2. The summed E-state index contributed by atoms with van der Waals surface area (Å²) in [4.78, 5) is 11.5. The topological polar surface area (TPSA) is 72.5 Å². The van der Waals surface area contributed by atoms with Crippen LogP contribution in [0.3, 0.4) is 0 Å². The summed E-state index contributed by atoms with van der Waals surface area (Å²) in [5, 5.41) is 1.88.